The van der Waals surface area contributed by atoms with E-state index in [9.17, 15) is 0 Å². The van der Waals surface area contributed by atoms with Gasteiger partial charge >= 0.3 is 0 Å². The summed E-state index contributed by atoms with van der Waals surface area (Å²) < 4.78 is 0.684. The first-order chi connectivity index (χ1) is 3.43. The van der Waals surface area contributed by atoms with Gasteiger partial charge < -0.3 is 0 Å². The molecule has 0 bridgehead atoms. The predicted octanol–water partition coefficient (Wildman–Crippen LogP) is 2.19. The fraction of sp³-hybridized carbons (Fsp3) is 0.500. The summed E-state index contributed by atoms with van der Waals surface area (Å²) in [7, 11) is 0. The highest BCUT2D eigenvalue weighted by Gasteiger charge is 2.07. The Hall–Kier alpha value is 0.790. The lowest BCUT2D eigenvalue weighted by molar-refractivity contribution is 1.48. The molecule has 7 heavy (non-hydrogen) atoms. The van der Waals surface area contributed by atoms with E-state index in [4.69, 9.17) is 0 Å². The van der Waals surface area contributed by atoms with E-state index in [1.807, 2.05) is 23.5 Å². The molecule has 0 aromatic heterocycles. The monoisotopic (exact) mass is 150 g/mol. The van der Waals surface area contributed by atoms with E-state index in [0.717, 1.165) is 5.75 Å². The van der Waals surface area contributed by atoms with Crippen LogP contribution in [0.25, 0.3) is 0 Å². The third-order valence-corrected chi connectivity index (χ3v) is 3.89. The van der Waals surface area contributed by atoms with Crippen LogP contribution in [0.5, 0.6) is 0 Å². The second-order valence-electron chi connectivity index (χ2n) is 1.16. The molecule has 0 atom stereocenters. The second kappa shape index (κ2) is 2.95. The van der Waals surface area contributed by atoms with Gasteiger partial charge in [-0.2, -0.15) is 12.6 Å². The molecule has 1 aliphatic rings. The minimum atomic E-state index is 0.684. The van der Waals surface area contributed by atoms with Crippen LogP contribution in [0, 0.1) is 0 Å². The molecule has 0 amide bonds. The van der Waals surface area contributed by atoms with Crippen molar-refractivity contribution in [3.8, 4) is 0 Å². The number of thioether (sulfide) groups is 2. The summed E-state index contributed by atoms with van der Waals surface area (Å²) in [5.41, 5.74) is 0. The lowest BCUT2D eigenvalue weighted by atomic mass is 10.9. The van der Waals surface area contributed by atoms with Crippen molar-refractivity contribution in [3.63, 3.8) is 0 Å². The molecule has 0 nitrogen and oxygen atoms in total. The first kappa shape index (κ1) is 5.92. The Labute approximate surface area is 57.5 Å². The SMILES string of the molecule is SCC1SC=CS1. The van der Waals surface area contributed by atoms with Crippen LogP contribution >= 0.6 is 36.2 Å². The maximum absolute atomic E-state index is 4.13. The van der Waals surface area contributed by atoms with Crippen LogP contribution < -0.4 is 0 Å². The quantitative estimate of drug-likeness (QED) is 0.569. The molecule has 0 aliphatic carbocycles. The molecule has 1 heterocycles. The lowest BCUT2D eigenvalue weighted by Crippen LogP contribution is -1.89. The van der Waals surface area contributed by atoms with E-state index < -0.39 is 0 Å². The summed E-state index contributed by atoms with van der Waals surface area (Å²) in [6, 6.07) is 0. The van der Waals surface area contributed by atoms with Crippen LogP contribution in [-0.2, 0) is 0 Å². The number of thiol groups is 1. The highest BCUT2D eigenvalue weighted by atomic mass is 32.2. The summed E-state index contributed by atoms with van der Waals surface area (Å²) in [5.74, 6) is 0.975. The minimum absolute atomic E-state index is 0.684. The van der Waals surface area contributed by atoms with Crippen molar-refractivity contribution in [1.29, 1.82) is 0 Å². The third kappa shape index (κ3) is 1.63. The fourth-order valence-corrected chi connectivity index (χ4v) is 2.55. The third-order valence-electron chi connectivity index (χ3n) is 0.665. The molecule has 0 fully saturated rings. The van der Waals surface area contributed by atoms with Gasteiger partial charge in [-0.05, 0) is 10.8 Å². The van der Waals surface area contributed by atoms with E-state index in [1.54, 1.807) is 0 Å². The van der Waals surface area contributed by atoms with Gasteiger partial charge in [0.25, 0.3) is 0 Å². The maximum Gasteiger partial charge on any atom is 0.0673 e. The largest absolute Gasteiger partial charge is 0.177 e. The molecule has 0 aromatic rings. The van der Waals surface area contributed by atoms with Gasteiger partial charge in [-0.1, -0.05) is 0 Å². The molecule has 40 valence electrons. The van der Waals surface area contributed by atoms with Gasteiger partial charge in [0.1, 0.15) is 0 Å². The second-order valence-corrected chi connectivity index (χ2v) is 4.05. The van der Waals surface area contributed by atoms with Crippen LogP contribution in [0.4, 0.5) is 0 Å². The Morgan fingerprint density at radius 1 is 1.43 bits per heavy atom. The predicted molar refractivity (Wildman–Crippen MR) is 42.0 cm³/mol. The van der Waals surface area contributed by atoms with Gasteiger partial charge in [0.2, 0.25) is 0 Å². The Kier molecular flexibility index (Phi) is 2.49. The van der Waals surface area contributed by atoms with Crippen LogP contribution in [0.3, 0.4) is 0 Å². The topological polar surface area (TPSA) is 0 Å². The Morgan fingerprint density at radius 2 is 2.00 bits per heavy atom. The zero-order valence-electron chi connectivity index (χ0n) is 3.70. The van der Waals surface area contributed by atoms with E-state index in [2.05, 4.69) is 23.4 Å². The lowest BCUT2D eigenvalue weighted by Gasteiger charge is -1.98. The molecule has 0 spiro atoms. The maximum atomic E-state index is 4.13. The molecular weight excluding hydrogens is 144 g/mol. The summed E-state index contributed by atoms with van der Waals surface area (Å²) in [6.45, 7) is 0. The zero-order valence-corrected chi connectivity index (χ0v) is 6.23. The van der Waals surface area contributed by atoms with Gasteiger partial charge in [0, 0.05) is 5.75 Å². The molecule has 1 rings (SSSR count). The Morgan fingerprint density at radius 3 is 2.29 bits per heavy atom. The molecule has 3 heteroatoms. The molecule has 1 aliphatic heterocycles. The average molecular weight is 150 g/mol. The Bertz CT molecular complexity index is 71.0. The summed E-state index contributed by atoms with van der Waals surface area (Å²) in [5, 5.41) is 4.23. The first-order valence-corrected chi connectivity index (χ1v) is 4.52. The number of hydrogen-bond donors (Lipinski definition) is 1. The van der Waals surface area contributed by atoms with Crippen molar-refractivity contribution in [2.45, 2.75) is 4.58 Å². The van der Waals surface area contributed by atoms with E-state index in [-0.39, 0.29) is 0 Å². The van der Waals surface area contributed by atoms with Crippen molar-refractivity contribution in [3.05, 3.63) is 10.8 Å². The zero-order chi connectivity index (χ0) is 5.11. The van der Waals surface area contributed by atoms with Crippen molar-refractivity contribution in [2.75, 3.05) is 5.75 Å². The normalized spacial score (nSPS) is 21.3. The van der Waals surface area contributed by atoms with Crippen LogP contribution in [0.2, 0.25) is 0 Å². The molecule has 0 unspecified atom stereocenters. The van der Waals surface area contributed by atoms with Crippen molar-refractivity contribution in [2.24, 2.45) is 0 Å². The molecule has 0 saturated carbocycles. The molecular formula is C4H6S3. The van der Waals surface area contributed by atoms with Crippen LogP contribution in [0.15, 0.2) is 10.8 Å². The standard InChI is InChI=1S/C4H6S3/c5-3-4-6-1-2-7-4/h1-2,4-5H,3H2. The van der Waals surface area contributed by atoms with E-state index in [1.165, 1.54) is 0 Å². The molecule has 0 radical (unpaired) electrons. The van der Waals surface area contributed by atoms with E-state index >= 15 is 0 Å². The average Bonchev–Trinajstić information content (AvgIpc) is 2.14. The van der Waals surface area contributed by atoms with E-state index in [0.29, 0.717) is 4.58 Å². The first-order valence-electron chi connectivity index (χ1n) is 2.00. The summed E-state index contributed by atoms with van der Waals surface area (Å²) in [4.78, 5) is 0. The van der Waals surface area contributed by atoms with Crippen molar-refractivity contribution in [1.82, 2.24) is 0 Å². The highest BCUT2D eigenvalue weighted by molar-refractivity contribution is 8.22. The Balaban J connectivity index is 2.22. The number of hydrogen-bond acceptors (Lipinski definition) is 3. The minimum Gasteiger partial charge on any atom is -0.177 e. The van der Waals surface area contributed by atoms with Crippen molar-refractivity contribution >= 4 is 36.2 Å². The van der Waals surface area contributed by atoms with Crippen molar-refractivity contribution < 1.29 is 0 Å². The summed E-state index contributed by atoms with van der Waals surface area (Å²) >= 11 is 7.83. The highest BCUT2D eigenvalue weighted by Crippen LogP contribution is 2.33. The number of rotatable bonds is 1. The van der Waals surface area contributed by atoms with Gasteiger partial charge in [-0.3, -0.25) is 0 Å². The molecule has 0 aromatic carbocycles. The molecule has 0 N–H and O–H groups in total. The van der Waals surface area contributed by atoms with Gasteiger partial charge in [0.15, 0.2) is 0 Å². The smallest absolute Gasteiger partial charge is 0.0673 e. The van der Waals surface area contributed by atoms with Gasteiger partial charge in [0.05, 0.1) is 4.58 Å². The fourth-order valence-electron chi connectivity index (χ4n) is 0.358. The van der Waals surface area contributed by atoms with Crippen LogP contribution in [-0.4, -0.2) is 10.3 Å². The van der Waals surface area contributed by atoms with Gasteiger partial charge in [-0.25, -0.2) is 0 Å². The summed E-state index contributed by atoms with van der Waals surface area (Å²) in [6.07, 6.45) is 0. The van der Waals surface area contributed by atoms with Crippen LogP contribution in [0.1, 0.15) is 0 Å². The van der Waals surface area contributed by atoms with Gasteiger partial charge in [-0.15, -0.1) is 23.5 Å². The molecule has 0 saturated heterocycles.